The first-order valence-corrected chi connectivity index (χ1v) is 9.68. The lowest BCUT2D eigenvalue weighted by molar-refractivity contribution is -0.0505. The monoisotopic (exact) mass is 524 g/mol. The van der Waals surface area contributed by atoms with Crippen LogP contribution in [0, 0.1) is 5.92 Å². The van der Waals surface area contributed by atoms with Gasteiger partial charge in [-0.3, -0.25) is 4.99 Å². The fourth-order valence-corrected chi connectivity index (χ4v) is 3.75. The summed E-state index contributed by atoms with van der Waals surface area (Å²) in [5, 5.41) is 6.51. The summed E-state index contributed by atoms with van der Waals surface area (Å²) in [5.41, 5.74) is 0.549. The van der Waals surface area contributed by atoms with Crippen molar-refractivity contribution in [2.24, 2.45) is 10.9 Å². The molecule has 0 amide bonds. The predicted molar refractivity (Wildman–Crippen MR) is 116 cm³/mol. The summed E-state index contributed by atoms with van der Waals surface area (Å²) >= 11 is 0. The third-order valence-corrected chi connectivity index (χ3v) is 5.38. The molecule has 7 nitrogen and oxygen atoms in total. The minimum atomic E-state index is -2.91. The van der Waals surface area contributed by atoms with Gasteiger partial charge in [0.05, 0.1) is 0 Å². The van der Waals surface area contributed by atoms with E-state index >= 15 is 0 Å². The van der Waals surface area contributed by atoms with Gasteiger partial charge >= 0.3 is 6.61 Å². The maximum Gasteiger partial charge on any atom is 0.387 e. The first-order chi connectivity index (χ1) is 13.6. The van der Waals surface area contributed by atoms with E-state index in [4.69, 9.17) is 9.47 Å². The fourth-order valence-electron chi connectivity index (χ4n) is 3.75. The van der Waals surface area contributed by atoms with Crippen molar-refractivity contribution in [3.8, 4) is 17.2 Å². The number of hydrogen-bond acceptors (Lipinski definition) is 5. The molecule has 2 heterocycles. The quantitative estimate of drug-likeness (QED) is 0.325. The largest absolute Gasteiger partial charge is 0.454 e. The van der Waals surface area contributed by atoms with Crippen molar-refractivity contribution in [2.75, 3.05) is 33.5 Å². The van der Waals surface area contributed by atoms with E-state index in [9.17, 15) is 8.78 Å². The molecule has 2 aliphatic heterocycles. The minimum absolute atomic E-state index is 0. The molecule has 1 saturated carbocycles. The second kappa shape index (κ2) is 9.96. The van der Waals surface area contributed by atoms with Gasteiger partial charge in [-0.2, -0.15) is 8.78 Å². The molecule has 1 aromatic carbocycles. The number of alkyl halides is 2. The summed E-state index contributed by atoms with van der Waals surface area (Å²) in [6.07, 6.45) is 3.86. The van der Waals surface area contributed by atoms with Crippen LogP contribution in [0.15, 0.2) is 17.1 Å². The van der Waals surface area contributed by atoms with Gasteiger partial charge in [-0.25, -0.2) is 0 Å². The van der Waals surface area contributed by atoms with Crippen molar-refractivity contribution in [1.82, 2.24) is 15.5 Å². The number of hydrogen-bond donors (Lipinski definition) is 2. The molecule has 1 aromatic rings. The minimum Gasteiger partial charge on any atom is -0.454 e. The number of nitrogens with one attached hydrogen (secondary N) is 2. The molecule has 29 heavy (non-hydrogen) atoms. The van der Waals surface area contributed by atoms with Gasteiger partial charge in [0, 0.05) is 44.4 Å². The Morgan fingerprint density at radius 2 is 2.00 bits per heavy atom. The van der Waals surface area contributed by atoms with E-state index in [0.29, 0.717) is 28.9 Å². The highest BCUT2D eigenvalue weighted by Crippen LogP contribution is 2.38. The van der Waals surface area contributed by atoms with Crippen molar-refractivity contribution >= 4 is 29.9 Å². The molecular weight excluding hydrogens is 497 g/mol. The van der Waals surface area contributed by atoms with E-state index in [1.165, 1.54) is 31.9 Å². The zero-order valence-electron chi connectivity index (χ0n) is 16.3. The Bertz CT molecular complexity index is 734. The molecular formula is C19H27F2IN4O3. The Kier molecular flexibility index (Phi) is 7.60. The third kappa shape index (κ3) is 5.74. The molecule has 0 spiro atoms. The lowest BCUT2D eigenvalue weighted by Gasteiger charge is -2.18. The van der Waals surface area contributed by atoms with E-state index in [1.54, 1.807) is 13.1 Å². The number of ether oxygens (including phenoxy) is 3. The summed E-state index contributed by atoms with van der Waals surface area (Å²) < 4.78 is 40.7. The molecule has 2 fully saturated rings. The Morgan fingerprint density at radius 1 is 1.24 bits per heavy atom. The second-order valence-corrected chi connectivity index (χ2v) is 7.38. The summed E-state index contributed by atoms with van der Waals surface area (Å²) in [5.74, 6) is 2.22. The van der Waals surface area contributed by atoms with Crippen LogP contribution in [-0.4, -0.2) is 57.0 Å². The average molecular weight is 524 g/mol. The highest BCUT2D eigenvalue weighted by Gasteiger charge is 2.34. The molecule has 0 bridgehead atoms. The van der Waals surface area contributed by atoms with Crippen LogP contribution < -0.4 is 24.8 Å². The van der Waals surface area contributed by atoms with Crippen LogP contribution in [-0.2, 0) is 6.54 Å². The van der Waals surface area contributed by atoms with E-state index in [1.807, 2.05) is 0 Å². The van der Waals surface area contributed by atoms with Crippen molar-refractivity contribution < 1.29 is 23.0 Å². The number of likely N-dealkylation sites (tertiary alicyclic amines) is 1. The van der Waals surface area contributed by atoms with Crippen molar-refractivity contribution in [3.63, 3.8) is 0 Å². The van der Waals surface area contributed by atoms with Gasteiger partial charge in [0.2, 0.25) is 6.79 Å². The Hall–Kier alpha value is -1.56. The van der Waals surface area contributed by atoms with Crippen molar-refractivity contribution in [1.29, 1.82) is 0 Å². The van der Waals surface area contributed by atoms with Crippen molar-refractivity contribution in [3.05, 3.63) is 17.7 Å². The van der Waals surface area contributed by atoms with E-state index in [0.717, 1.165) is 19.1 Å². The molecule has 1 aliphatic carbocycles. The van der Waals surface area contributed by atoms with Crippen LogP contribution in [0.25, 0.3) is 0 Å². The molecule has 162 valence electrons. The summed E-state index contributed by atoms with van der Waals surface area (Å²) in [6, 6.07) is 3.90. The maximum atomic E-state index is 12.7. The molecule has 2 N–H and O–H groups in total. The second-order valence-electron chi connectivity index (χ2n) is 7.38. The molecule has 1 atom stereocenters. The molecule has 4 rings (SSSR count). The van der Waals surface area contributed by atoms with E-state index in [2.05, 4.69) is 25.3 Å². The smallest absolute Gasteiger partial charge is 0.387 e. The van der Waals surface area contributed by atoms with Crippen LogP contribution >= 0.6 is 24.0 Å². The Balaban J connectivity index is 0.00000240. The van der Waals surface area contributed by atoms with E-state index < -0.39 is 6.61 Å². The van der Waals surface area contributed by atoms with Gasteiger partial charge in [-0.1, -0.05) is 0 Å². The maximum absolute atomic E-state index is 12.7. The van der Waals surface area contributed by atoms with Crippen LogP contribution in [0.2, 0.25) is 0 Å². The first-order valence-electron chi connectivity index (χ1n) is 9.68. The van der Waals surface area contributed by atoms with Gasteiger partial charge in [-0.15, -0.1) is 24.0 Å². The Morgan fingerprint density at radius 3 is 2.69 bits per heavy atom. The van der Waals surface area contributed by atoms with Gasteiger partial charge in [0.1, 0.15) is 5.75 Å². The topological polar surface area (TPSA) is 67.4 Å². The molecule has 0 radical (unpaired) electrons. The molecule has 0 aromatic heterocycles. The number of nitrogens with zero attached hydrogens (tertiary/aromatic N) is 2. The zero-order chi connectivity index (χ0) is 19.5. The summed E-state index contributed by atoms with van der Waals surface area (Å²) in [6.45, 7) is 0.579. The average Bonchev–Trinajstić information content (AvgIpc) is 3.24. The fraction of sp³-hybridized carbons (Fsp3) is 0.632. The normalized spacial score (nSPS) is 21.2. The van der Waals surface area contributed by atoms with Gasteiger partial charge < -0.3 is 29.7 Å². The standard InChI is InChI=1S/C19H26F2N4O3.HI/c1-22-19(23-8-12-4-5-25(10-12)14-2-3-14)24-9-13-6-16-17(27-11-26-16)7-15(13)28-18(20)21;/h6-7,12,14,18H,2-5,8-11H2,1H3,(H2,22,23,24);1H. The number of rotatable bonds is 7. The van der Waals surface area contributed by atoms with Gasteiger partial charge in [0.15, 0.2) is 17.5 Å². The number of guanidine groups is 1. The predicted octanol–water partition coefficient (Wildman–Crippen LogP) is 2.78. The SMILES string of the molecule is CN=C(NCc1cc2c(cc1OC(F)F)OCO2)NCC1CCN(C2CC2)C1.I. The number of fused-ring (bicyclic) bond motifs is 1. The van der Waals surface area contributed by atoms with Crippen molar-refractivity contribution in [2.45, 2.75) is 38.5 Å². The van der Waals surface area contributed by atoms with Gasteiger partial charge in [-0.05, 0) is 37.8 Å². The lowest BCUT2D eigenvalue weighted by atomic mass is 10.1. The van der Waals surface area contributed by atoms with Gasteiger partial charge in [0.25, 0.3) is 0 Å². The van der Waals surface area contributed by atoms with Crippen LogP contribution in [0.3, 0.4) is 0 Å². The molecule has 3 aliphatic rings. The van der Waals surface area contributed by atoms with E-state index in [-0.39, 0.29) is 43.1 Å². The third-order valence-electron chi connectivity index (χ3n) is 5.38. The molecule has 1 unspecified atom stereocenters. The number of halogens is 3. The summed E-state index contributed by atoms with van der Waals surface area (Å²) in [4.78, 5) is 6.80. The highest BCUT2D eigenvalue weighted by atomic mass is 127. The highest BCUT2D eigenvalue weighted by molar-refractivity contribution is 14.0. The first kappa shape index (κ1) is 22.1. The Labute approximate surface area is 186 Å². The van der Waals surface area contributed by atoms with Crippen LogP contribution in [0.4, 0.5) is 8.78 Å². The summed E-state index contributed by atoms with van der Waals surface area (Å²) in [7, 11) is 1.69. The number of benzene rings is 1. The number of aliphatic imine (C=N–C) groups is 1. The molecule has 1 saturated heterocycles. The zero-order valence-corrected chi connectivity index (χ0v) is 18.7. The molecule has 10 heteroatoms. The van der Waals surface area contributed by atoms with Crippen LogP contribution in [0.5, 0.6) is 17.2 Å². The van der Waals surface area contributed by atoms with Crippen LogP contribution in [0.1, 0.15) is 24.8 Å². The lowest BCUT2D eigenvalue weighted by Crippen LogP contribution is -2.40.